The Hall–Kier alpha value is -1.80. The van der Waals surface area contributed by atoms with E-state index in [0.29, 0.717) is 25.3 Å². The fourth-order valence-corrected chi connectivity index (χ4v) is 4.41. The first kappa shape index (κ1) is 19.9. The molecule has 0 radical (unpaired) electrons. The summed E-state index contributed by atoms with van der Waals surface area (Å²) < 4.78 is 46.1. The number of halogens is 1. The Morgan fingerprint density at radius 3 is 2.33 bits per heavy atom. The molecule has 0 saturated carbocycles. The van der Waals surface area contributed by atoms with Gasteiger partial charge in [0.2, 0.25) is 10.0 Å². The van der Waals surface area contributed by atoms with E-state index in [1.54, 1.807) is 0 Å². The molecular formula is C20H25FN2O3S. The zero-order valence-electron chi connectivity index (χ0n) is 15.2. The van der Waals surface area contributed by atoms with Crippen molar-refractivity contribution in [2.24, 2.45) is 0 Å². The van der Waals surface area contributed by atoms with E-state index in [2.05, 4.69) is 21.8 Å². The number of hydrogen-bond acceptors (Lipinski definition) is 4. The third-order valence-electron chi connectivity index (χ3n) is 4.69. The molecule has 1 saturated heterocycles. The minimum atomic E-state index is -3.50. The van der Waals surface area contributed by atoms with Crippen LogP contribution in [-0.4, -0.2) is 52.2 Å². The third kappa shape index (κ3) is 6.39. The summed E-state index contributed by atoms with van der Waals surface area (Å²) in [7, 11) is -3.50. The van der Waals surface area contributed by atoms with Gasteiger partial charge in [0.15, 0.2) is 0 Å². The van der Waals surface area contributed by atoms with Gasteiger partial charge in [-0.1, -0.05) is 42.5 Å². The molecule has 7 heteroatoms. The van der Waals surface area contributed by atoms with Crippen LogP contribution in [0.1, 0.15) is 11.1 Å². The van der Waals surface area contributed by atoms with Gasteiger partial charge in [-0.15, -0.1) is 0 Å². The van der Waals surface area contributed by atoms with Crippen LogP contribution in [0.2, 0.25) is 0 Å². The molecule has 5 nitrogen and oxygen atoms in total. The molecule has 27 heavy (non-hydrogen) atoms. The summed E-state index contributed by atoms with van der Waals surface area (Å²) in [5, 5.41) is 0. The lowest BCUT2D eigenvalue weighted by molar-refractivity contribution is 0.0177. The van der Waals surface area contributed by atoms with Crippen molar-refractivity contribution in [1.82, 2.24) is 9.62 Å². The molecule has 1 N–H and O–H groups in total. The van der Waals surface area contributed by atoms with Gasteiger partial charge in [0.1, 0.15) is 5.82 Å². The summed E-state index contributed by atoms with van der Waals surface area (Å²) in [6.07, 6.45) is 0.764. The van der Waals surface area contributed by atoms with E-state index in [4.69, 9.17) is 4.74 Å². The summed E-state index contributed by atoms with van der Waals surface area (Å²) in [4.78, 5) is 2.27. The number of hydrogen-bond donors (Lipinski definition) is 1. The summed E-state index contributed by atoms with van der Waals surface area (Å²) >= 11 is 0. The highest BCUT2D eigenvalue weighted by Gasteiger charge is 2.23. The van der Waals surface area contributed by atoms with Gasteiger partial charge in [0.05, 0.1) is 19.0 Å². The largest absolute Gasteiger partial charge is 0.379 e. The second-order valence-electron chi connectivity index (χ2n) is 6.73. The molecule has 3 rings (SSSR count). The van der Waals surface area contributed by atoms with Crippen molar-refractivity contribution >= 4 is 10.0 Å². The number of sulfonamides is 1. The second kappa shape index (κ2) is 9.41. The van der Waals surface area contributed by atoms with E-state index in [-0.39, 0.29) is 17.6 Å². The first-order valence-corrected chi connectivity index (χ1v) is 10.7. The van der Waals surface area contributed by atoms with Gasteiger partial charge in [-0.25, -0.2) is 17.5 Å². The number of ether oxygens (including phenoxy) is 1. The lowest BCUT2D eigenvalue weighted by Gasteiger charge is -2.34. The summed E-state index contributed by atoms with van der Waals surface area (Å²) in [5.74, 6) is -0.534. The minimum Gasteiger partial charge on any atom is -0.379 e. The topological polar surface area (TPSA) is 58.6 Å². The Bertz CT molecular complexity index is 807. The zero-order valence-corrected chi connectivity index (χ0v) is 16.0. The van der Waals surface area contributed by atoms with E-state index in [9.17, 15) is 12.8 Å². The van der Waals surface area contributed by atoms with Gasteiger partial charge in [-0.3, -0.25) is 4.90 Å². The normalized spacial score (nSPS) is 16.9. The fraction of sp³-hybridized carbons (Fsp3) is 0.400. The van der Waals surface area contributed by atoms with Gasteiger partial charge in [0, 0.05) is 25.7 Å². The zero-order chi connectivity index (χ0) is 19.1. The Morgan fingerprint density at radius 1 is 1.00 bits per heavy atom. The molecular weight excluding hydrogens is 367 g/mol. The molecule has 0 aliphatic carbocycles. The van der Waals surface area contributed by atoms with Crippen molar-refractivity contribution in [3.63, 3.8) is 0 Å². The second-order valence-corrected chi connectivity index (χ2v) is 8.53. The van der Waals surface area contributed by atoms with Crippen molar-refractivity contribution in [3.8, 4) is 0 Å². The molecule has 0 spiro atoms. The molecule has 2 aromatic rings. The molecule has 0 bridgehead atoms. The van der Waals surface area contributed by atoms with E-state index in [1.165, 1.54) is 29.8 Å². The molecule has 0 aromatic heterocycles. The van der Waals surface area contributed by atoms with Crippen LogP contribution in [0.4, 0.5) is 4.39 Å². The van der Waals surface area contributed by atoms with Crippen LogP contribution < -0.4 is 4.72 Å². The Kier molecular flexibility index (Phi) is 6.95. The van der Waals surface area contributed by atoms with Crippen LogP contribution in [-0.2, 0) is 26.9 Å². The molecule has 1 aliphatic rings. The Labute approximate surface area is 160 Å². The predicted octanol–water partition coefficient (Wildman–Crippen LogP) is 2.19. The number of benzene rings is 2. The SMILES string of the molecule is O=S(=O)(Cc1ccc(F)cc1)NCC(Cc1ccccc1)N1CCOCC1. The molecule has 1 atom stereocenters. The van der Waals surface area contributed by atoms with Crippen molar-refractivity contribution in [2.45, 2.75) is 18.2 Å². The monoisotopic (exact) mass is 392 g/mol. The van der Waals surface area contributed by atoms with E-state index in [1.807, 2.05) is 18.2 Å². The highest BCUT2D eigenvalue weighted by Crippen LogP contribution is 2.12. The standard InChI is InChI=1S/C20H25FN2O3S/c21-19-8-6-18(7-9-19)16-27(24,25)22-15-20(23-10-12-26-13-11-23)14-17-4-2-1-3-5-17/h1-9,20,22H,10-16H2. The maximum Gasteiger partial charge on any atom is 0.215 e. The van der Waals surface area contributed by atoms with Crippen LogP contribution in [0.25, 0.3) is 0 Å². The van der Waals surface area contributed by atoms with Crippen LogP contribution in [0.15, 0.2) is 54.6 Å². The van der Waals surface area contributed by atoms with Gasteiger partial charge < -0.3 is 4.74 Å². The third-order valence-corrected chi connectivity index (χ3v) is 6.00. The van der Waals surface area contributed by atoms with Crippen LogP contribution in [0.3, 0.4) is 0 Å². The Morgan fingerprint density at radius 2 is 1.67 bits per heavy atom. The van der Waals surface area contributed by atoms with Crippen molar-refractivity contribution < 1.29 is 17.5 Å². The number of morpholine rings is 1. The van der Waals surface area contributed by atoms with Gasteiger partial charge >= 0.3 is 0 Å². The van der Waals surface area contributed by atoms with Gasteiger partial charge in [0.25, 0.3) is 0 Å². The molecule has 146 valence electrons. The molecule has 0 amide bonds. The molecule has 1 unspecified atom stereocenters. The molecule has 1 fully saturated rings. The average Bonchev–Trinajstić information content (AvgIpc) is 2.68. The molecule has 1 aliphatic heterocycles. The molecule has 2 aromatic carbocycles. The van der Waals surface area contributed by atoms with Gasteiger partial charge in [-0.2, -0.15) is 0 Å². The summed E-state index contributed by atoms with van der Waals surface area (Å²) in [5.41, 5.74) is 1.74. The van der Waals surface area contributed by atoms with Gasteiger partial charge in [-0.05, 0) is 29.7 Å². The quantitative estimate of drug-likeness (QED) is 0.748. The fourth-order valence-electron chi connectivity index (χ4n) is 3.23. The van der Waals surface area contributed by atoms with Crippen LogP contribution in [0, 0.1) is 5.82 Å². The first-order chi connectivity index (χ1) is 13.0. The maximum absolute atomic E-state index is 13.0. The van der Waals surface area contributed by atoms with E-state index < -0.39 is 10.0 Å². The van der Waals surface area contributed by atoms with E-state index in [0.717, 1.165) is 19.5 Å². The van der Waals surface area contributed by atoms with E-state index >= 15 is 0 Å². The lowest BCUT2D eigenvalue weighted by Crippen LogP contribution is -2.49. The Balaban J connectivity index is 1.64. The first-order valence-electron chi connectivity index (χ1n) is 9.09. The molecule has 1 heterocycles. The summed E-state index contributed by atoms with van der Waals surface area (Å²) in [6.45, 7) is 3.23. The van der Waals surface area contributed by atoms with Crippen molar-refractivity contribution in [1.29, 1.82) is 0 Å². The smallest absolute Gasteiger partial charge is 0.215 e. The average molecular weight is 392 g/mol. The minimum absolute atomic E-state index is 0.0549. The number of nitrogens with zero attached hydrogens (tertiary/aromatic N) is 1. The van der Waals surface area contributed by atoms with Crippen molar-refractivity contribution in [3.05, 3.63) is 71.5 Å². The number of nitrogens with one attached hydrogen (secondary N) is 1. The van der Waals surface area contributed by atoms with Crippen LogP contribution >= 0.6 is 0 Å². The maximum atomic E-state index is 13.0. The highest BCUT2D eigenvalue weighted by molar-refractivity contribution is 7.88. The van der Waals surface area contributed by atoms with Crippen molar-refractivity contribution in [2.75, 3.05) is 32.8 Å². The number of rotatable bonds is 8. The highest BCUT2D eigenvalue weighted by atomic mass is 32.2. The van der Waals surface area contributed by atoms with Crippen LogP contribution in [0.5, 0.6) is 0 Å². The predicted molar refractivity (Wildman–Crippen MR) is 103 cm³/mol. The summed E-state index contributed by atoms with van der Waals surface area (Å²) in [6, 6.07) is 15.7. The lowest BCUT2D eigenvalue weighted by atomic mass is 10.0.